The van der Waals surface area contributed by atoms with Crippen LogP contribution in [0.1, 0.15) is 11.1 Å². The van der Waals surface area contributed by atoms with Gasteiger partial charge >= 0.3 is 0 Å². The summed E-state index contributed by atoms with van der Waals surface area (Å²) < 4.78 is 33.0. The lowest BCUT2D eigenvalue weighted by Gasteiger charge is -2.26. The molecule has 0 aromatic heterocycles. The van der Waals surface area contributed by atoms with Gasteiger partial charge in [-0.25, -0.2) is 8.42 Å². The topological polar surface area (TPSA) is 75.7 Å². The monoisotopic (exact) mass is 492 g/mol. The molecule has 0 spiro atoms. The summed E-state index contributed by atoms with van der Waals surface area (Å²) >= 11 is 12.1. The molecule has 9 heteroatoms. The van der Waals surface area contributed by atoms with Gasteiger partial charge in [0.25, 0.3) is 10.0 Å². The zero-order valence-corrected chi connectivity index (χ0v) is 19.8. The second kappa shape index (κ2) is 10.3. The zero-order chi connectivity index (χ0) is 23.3. The van der Waals surface area contributed by atoms with Crippen molar-refractivity contribution in [3.05, 3.63) is 87.9 Å². The van der Waals surface area contributed by atoms with Crippen molar-refractivity contribution in [1.29, 1.82) is 0 Å². The summed E-state index contributed by atoms with van der Waals surface area (Å²) in [6, 6.07) is 17.9. The Morgan fingerprint density at radius 1 is 1.00 bits per heavy atom. The Balaban J connectivity index is 1.87. The first-order chi connectivity index (χ1) is 15.2. The quantitative estimate of drug-likeness (QED) is 0.488. The number of methoxy groups -OCH3 is 1. The predicted molar refractivity (Wildman–Crippen MR) is 127 cm³/mol. The van der Waals surface area contributed by atoms with Crippen LogP contribution in [-0.4, -0.2) is 28.0 Å². The third-order valence-electron chi connectivity index (χ3n) is 4.85. The average molecular weight is 493 g/mol. The van der Waals surface area contributed by atoms with E-state index in [1.807, 2.05) is 12.1 Å². The normalized spacial score (nSPS) is 11.1. The third kappa shape index (κ3) is 5.54. The Morgan fingerprint density at radius 3 is 2.28 bits per heavy atom. The minimum absolute atomic E-state index is 0.0178. The van der Waals surface area contributed by atoms with Gasteiger partial charge in [0.2, 0.25) is 5.91 Å². The van der Waals surface area contributed by atoms with Crippen LogP contribution in [0.2, 0.25) is 10.0 Å². The third-order valence-corrected chi connectivity index (χ3v) is 7.28. The van der Waals surface area contributed by atoms with Crippen LogP contribution in [0.4, 0.5) is 5.69 Å². The first kappa shape index (κ1) is 23.9. The largest absolute Gasteiger partial charge is 0.497 e. The molecule has 0 saturated heterocycles. The van der Waals surface area contributed by atoms with Crippen molar-refractivity contribution < 1.29 is 17.9 Å². The molecule has 0 bridgehead atoms. The Kier molecular flexibility index (Phi) is 7.66. The number of nitrogens with one attached hydrogen (secondary N) is 1. The number of rotatable bonds is 8. The van der Waals surface area contributed by atoms with Gasteiger partial charge in [0, 0.05) is 16.6 Å². The van der Waals surface area contributed by atoms with E-state index in [0.29, 0.717) is 27.0 Å². The van der Waals surface area contributed by atoms with Crippen molar-refractivity contribution in [3.8, 4) is 5.75 Å². The summed E-state index contributed by atoms with van der Waals surface area (Å²) in [6.07, 6.45) is 0. The van der Waals surface area contributed by atoms with Crippen molar-refractivity contribution in [2.75, 3.05) is 18.0 Å². The van der Waals surface area contributed by atoms with Crippen molar-refractivity contribution in [2.45, 2.75) is 18.4 Å². The fourth-order valence-corrected chi connectivity index (χ4v) is 4.80. The molecule has 3 aromatic carbocycles. The highest BCUT2D eigenvalue weighted by molar-refractivity contribution is 7.92. The molecule has 1 amide bonds. The number of ether oxygens (including phenoxy) is 1. The molecule has 0 saturated carbocycles. The molecule has 0 radical (unpaired) electrons. The van der Waals surface area contributed by atoms with E-state index in [-0.39, 0.29) is 11.4 Å². The van der Waals surface area contributed by atoms with E-state index < -0.39 is 22.5 Å². The molecule has 0 unspecified atom stereocenters. The summed E-state index contributed by atoms with van der Waals surface area (Å²) in [6.45, 7) is 1.53. The first-order valence-corrected chi connectivity index (χ1v) is 11.8. The first-order valence-electron chi connectivity index (χ1n) is 9.65. The average Bonchev–Trinajstić information content (AvgIpc) is 2.78. The number of carbonyl (C=O) groups excluding carboxylic acids is 1. The van der Waals surface area contributed by atoms with E-state index >= 15 is 0 Å². The maximum atomic E-state index is 13.4. The lowest BCUT2D eigenvalue weighted by molar-refractivity contribution is -0.119. The van der Waals surface area contributed by atoms with Crippen LogP contribution in [0.5, 0.6) is 5.75 Å². The molecule has 32 heavy (non-hydrogen) atoms. The fraction of sp³-hybridized carbons (Fsp3) is 0.174. The Morgan fingerprint density at radius 2 is 1.66 bits per heavy atom. The van der Waals surface area contributed by atoms with E-state index in [9.17, 15) is 13.2 Å². The molecular weight excluding hydrogens is 471 g/mol. The van der Waals surface area contributed by atoms with Crippen LogP contribution in [0, 0.1) is 6.92 Å². The standard InChI is InChI=1S/C23H22Cl2N2O4S/c1-16-21(25)4-3-5-22(16)27(32(29,30)20-12-8-18(24)9-13-20)15-23(28)26-14-17-6-10-19(31-2)11-7-17/h3-13H,14-15H2,1-2H3,(H,26,28). The number of hydrogen-bond donors (Lipinski definition) is 1. The number of sulfonamides is 1. The lowest BCUT2D eigenvalue weighted by Crippen LogP contribution is -2.41. The molecule has 0 aliphatic heterocycles. The molecule has 3 rings (SSSR count). The van der Waals surface area contributed by atoms with Crippen LogP contribution >= 0.6 is 23.2 Å². The number of nitrogens with zero attached hydrogens (tertiary/aromatic N) is 1. The van der Waals surface area contributed by atoms with Crippen molar-refractivity contribution in [3.63, 3.8) is 0 Å². The summed E-state index contributed by atoms with van der Waals surface area (Å²) in [4.78, 5) is 12.8. The van der Waals surface area contributed by atoms with Gasteiger partial charge in [-0.3, -0.25) is 9.10 Å². The molecule has 3 aromatic rings. The predicted octanol–water partition coefficient (Wildman–Crippen LogP) is 4.82. The molecular formula is C23H22Cl2N2O4S. The van der Waals surface area contributed by atoms with Gasteiger partial charge < -0.3 is 10.1 Å². The number of anilines is 1. The Bertz CT molecular complexity index is 1200. The van der Waals surface area contributed by atoms with Crippen LogP contribution in [0.15, 0.2) is 71.6 Å². The number of carbonyl (C=O) groups is 1. The molecule has 0 aliphatic rings. The van der Waals surface area contributed by atoms with Gasteiger partial charge in [0.15, 0.2) is 0 Å². The minimum Gasteiger partial charge on any atom is -0.497 e. The summed E-state index contributed by atoms with van der Waals surface area (Å²) in [5.74, 6) is 0.245. The molecule has 0 atom stereocenters. The minimum atomic E-state index is -4.06. The van der Waals surface area contributed by atoms with Crippen molar-refractivity contribution in [1.82, 2.24) is 5.32 Å². The smallest absolute Gasteiger partial charge is 0.264 e. The van der Waals surface area contributed by atoms with Crippen LogP contribution in [0.3, 0.4) is 0 Å². The lowest BCUT2D eigenvalue weighted by atomic mass is 10.2. The van der Waals surface area contributed by atoms with Gasteiger partial charge in [-0.2, -0.15) is 0 Å². The molecule has 0 heterocycles. The highest BCUT2D eigenvalue weighted by atomic mass is 35.5. The fourth-order valence-electron chi connectivity index (χ4n) is 3.03. The summed E-state index contributed by atoms with van der Waals surface area (Å²) in [5.41, 5.74) is 1.73. The number of halogens is 2. The zero-order valence-electron chi connectivity index (χ0n) is 17.5. The molecule has 6 nitrogen and oxygen atoms in total. The maximum Gasteiger partial charge on any atom is 0.264 e. The summed E-state index contributed by atoms with van der Waals surface area (Å²) in [7, 11) is -2.48. The molecule has 0 fully saturated rings. The summed E-state index contributed by atoms with van der Waals surface area (Å²) in [5, 5.41) is 3.57. The van der Waals surface area contributed by atoms with Crippen LogP contribution in [-0.2, 0) is 21.4 Å². The van der Waals surface area contributed by atoms with E-state index in [2.05, 4.69) is 5.32 Å². The second-order valence-corrected chi connectivity index (χ2v) is 9.68. The highest BCUT2D eigenvalue weighted by Gasteiger charge is 2.28. The molecule has 1 N–H and O–H groups in total. The van der Waals surface area contributed by atoms with E-state index in [1.165, 1.54) is 24.3 Å². The number of amides is 1. The maximum absolute atomic E-state index is 13.4. The van der Waals surface area contributed by atoms with Crippen LogP contribution < -0.4 is 14.4 Å². The van der Waals surface area contributed by atoms with E-state index in [1.54, 1.807) is 44.4 Å². The highest BCUT2D eigenvalue weighted by Crippen LogP contribution is 2.31. The van der Waals surface area contributed by atoms with Gasteiger partial charge in [0.1, 0.15) is 12.3 Å². The Hall–Kier alpha value is -2.74. The molecule has 0 aliphatic carbocycles. The van der Waals surface area contributed by atoms with Crippen LogP contribution in [0.25, 0.3) is 0 Å². The van der Waals surface area contributed by atoms with E-state index in [4.69, 9.17) is 27.9 Å². The second-order valence-electron chi connectivity index (χ2n) is 6.97. The Labute approximate surface area is 197 Å². The molecule has 168 valence electrons. The number of hydrogen-bond acceptors (Lipinski definition) is 4. The van der Waals surface area contributed by atoms with Crippen molar-refractivity contribution in [2.24, 2.45) is 0 Å². The SMILES string of the molecule is COc1ccc(CNC(=O)CN(c2cccc(Cl)c2C)S(=O)(=O)c2ccc(Cl)cc2)cc1. The van der Waals surface area contributed by atoms with Gasteiger partial charge in [-0.15, -0.1) is 0 Å². The van der Waals surface area contributed by atoms with Gasteiger partial charge in [-0.1, -0.05) is 41.4 Å². The van der Waals surface area contributed by atoms with Crippen molar-refractivity contribution >= 4 is 44.8 Å². The number of benzene rings is 3. The van der Waals surface area contributed by atoms with Gasteiger partial charge in [0.05, 0.1) is 17.7 Å². The van der Waals surface area contributed by atoms with Gasteiger partial charge in [-0.05, 0) is 66.6 Å². The van der Waals surface area contributed by atoms with E-state index in [0.717, 1.165) is 9.87 Å².